The van der Waals surface area contributed by atoms with Crippen molar-refractivity contribution in [3.63, 3.8) is 0 Å². The summed E-state index contributed by atoms with van der Waals surface area (Å²) in [5.74, 6) is 0.159. The molecule has 3 aromatic rings. The van der Waals surface area contributed by atoms with E-state index in [-0.39, 0.29) is 11.1 Å². The molecule has 1 aliphatic rings. The molecule has 1 unspecified atom stereocenters. The first kappa shape index (κ1) is 21.8. The number of nitrogens with zero attached hydrogens (tertiary/aromatic N) is 2. The van der Waals surface area contributed by atoms with Crippen LogP contribution in [0.15, 0.2) is 78.9 Å². The lowest BCUT2D eigenvalue weighted by Gasteiger charge is -2.35. The van der Waals surface area contributed by atoms with Gasteiger partial charge in [-0.2, -0.15) is 0 Å². The number of piperazine rings is 1. The highest BCUT2D eigenvalue weighted by Crippen LogP contribution is 2.28. The van der Waals surface area contributed by atoms with Gasteiger partial charge in [-0.3, -0.25) is 4.90 Å². The minimum absolute atomic E-state index is 0.0823. The van der Waals surface area contributed by atoms with E-state index in [1.54, 1.807) is 12.1 Å². The second-order valence-electron chi connectivity index (χ2n) is 7.99. The smallest absolute Gasteiger partial charge is 0.142 e. The highest BCUT2D eigenvalue weighted by atomic mass is 35.5. The molecule has 1 atom stereocenters. The summed E-state index contributed by atoms with van der Waals surface area (Å²) in [6, 6.07) is 25.4. The van der Waals surface area contributed by atoms with Crippen LogP contribution in [0.2, 0.25) is 5.02 Å². The molecular weight excluding hydrogens is 411 g/mol. The Kier molecular flexibility index (Phi) is 7.57. The van der Waals surface area contributed by atoms with Crippen molar-refractivity contribution >= 4 is 11.6 Å². The molecule has 31 heavy (non-hydrogen) atoms. The zero-order chi connectivity index (χ0) is 21.5. The SMILES string of the molecule is Fc1ccc(OC(CCN2CCN(Cc3ccccc3)CC2)c2ccccc2)cc1Cl. The summed E-state index contributed by atoms with van der Waals surface area (Å²) in [5.41, 5.74) is 2.48. The van der Waals surface area contributed by atoms with E-state index in [9.17, 15) is 4.39 Å². The molecule has 0 aliphatic carbocycles. The fourth-order valence-corrected chi connectivity index (χ4v) is 4.16. The van der Waals surface area contributed by atoms with E-state index in [4.69, 9.17) is 16.3 Å². The first-order valence-corrected chi connectivity index (χ1v) is 11.2. The molecule has 3 aromatic carbocycles. The Bertz CT molecular complexity index is 946. The molecule has 1 saturated heterocycles. The number of benzene rings is 3. The zero-order valence-electron chi connectivity index (χ0n) is 17.6. The summed E-state index contributed by atoms with van der Waals surface area (Å²) in [5, 5.41) is 0.0823. The fraction of sp³-hybridized carbons (Fsp3) is 0.308. The lowest BCUT2D eigenvalue weighted by atomic mass is 10.1. The van der Waals surface area contributed by atoms with Crippen molar-refractivity contribution in [3.8, 4) is 5.75 Å². The third-order valence-electron chi connectivity index (χ3n) is 5.76. The zero-order valence-corrected chi connectivity index (χ0v) is 18.3. The molecular formula is C26H28ClFN2O. The van der Waals surface area contributed by atoms with E-state index in [0.717, 1.165) is 51.3 Å². The minimum atomic E-state index is -0.432. The molecule has 1 aliphatic heterocycles. The summed E-state index contributed by atoms with van der Waals surface area (Å²) in [4.78, 5) is 5.01. The summed E-state index contributed by atoms with van der Waals surface area (Å²) in [7, 11) is 0. The van der Waals surface area contributed by atoms with Crippen molar-refractivity contribution in [2.45, 2.75) is 19.1 Å². The molecule has 3 nitrogen and oxygen atoms in total. The van der Waals surface area contributed by atoms with Gasteiger partial charge >= 0.3 is 0 Å². The largest absolute Gasteiger partial charge is 0.486 e. The van der Waals surface area contributed by atoms with Crippen LogP contribution in [-0.4, -0.2) is 42.5 Å². The Balaban J connectivity index is 1.33. The van der Waals surface area contributed by atoms with Crippen molar-refractivity contribution in [2.24, 2.45) is 0 Å². The van der Waals surface area contributed by atoms with Gasteiger partial charge in [0.1, 0.15) is 17.7 Å². The van der Waals surface area contributed by atoms with Crippen LogP contribution in [0.4, 0.5) is 4.39 Å². The number of ether oxygens (including phenoxy) is 1. The Morgan fingerprint density at radius 1 is 0.839 bits per heavy atom. The van der Waals surface area contributed by atoms with Crippen LogP contribution in [-0.2, 0) is 6.54 Å². The van der Waals surface area contributed by atoms with Crippen LogP contribution < -0.4 is 4.74 Å². The number of halogens is 2. The second kappa shape index (κ2) is 10.8. The van der Waals surface area contributed by atoms with Gasteiger partial charge in [-0.05, 0) is 23.3 Å². The maximum atomic E-state index is 13.5. The molecule has 0 bridgehead atoms. The molecule has 162 valence electrons. The number of hydrogen-bond donors (Lipinski definition) is 0. The maximum absolute atomic E-state index is 13.5. The first-order chi connectivity index (χ1) is 15.2. The van der Waals surface area contributed by atoms with Gasteiger partial charge in [-0.1, -0.05) is 72.3 Å². The van der Waals surface area contributed by atoms with E-state index in [1.807, 2.05) is 18.2 Å². The standard InChI is InChI=1S/C26H28ClFN2O/c27-24-19-23(11-12-25(24)28)31-26(22-9-5-2-6-10-22)13-14-29-15-17-30(18-16-29)20-21-7-3-1-4-8-21/h1-12,19,26H,13-18,20H2. The van der Waals surface area contributed by atoms with Crippen molar-refractivity contribution in [2.75, 3.05) is 32.7 Å². The van der Waals surface area contributed by atoms with Crippen LogP contribution in [0, 0.1) is 5.82 Å². The van der Waals surface area contributed by atoms with Crippen LogP contribution in [0.3, 0.4) is 0 Å². The summed E-state index contributed by atoms with van der Waals surface area (Å²) >= 11 is 5.95. The van der Waals surface area contributed by atoms with Crippen LogP contribution in [0.25, 0.3) is 0 Å². The second-order valence-corrected chi connectivity index (χ2v) is 8.39. The predicted octanol–water partition coefficient (Wildman–Crippen LogP) is 5.81. The molecule has 0 saturated carbocycles. The number of hydrogen-bond acceptors (Lipinski definition) is 3. The van der Waals surface area contributed by atoms with Gasteiger partial charge in [0.05, 0.1) is 5.02 Å². The quantitative estimate of drug-likeness (QED) is 0.441. The van der Waals surface area contributed by atoms with Crippen molar-refractivity contribution in [1.82, 2.24) is 9.80 Å². The topological polar surface area (TPSA) is 15.7 Å². The summed E-state index contributed by atoms with van der Waals surface area (Å²) in [6.45, 7) is 6.20. The molecule has 0 N–H and O–H groups in total. The molecule has 5 heteroatoms. The van der Waals surface area contributed by atoms with E-state index in [1.165, 1.54) is 11.6 Å². The third kappa shape index (κ3) is 6.30. The summed E-state index contributed by atoms with van der Waals surface area (Å²) < 4.78 is 19.8. The van der Waals surface area contributed by atoms with Gasteiger partial charge in [0, 0.05) is 51.8 Å². The molecule has 0 amide bonds. The molecule has 4 rings (SSSR count). The van der Waals surface area contributed by atoms with Crippen molar-refractivity contribution < 1.29 is 9.13 Å². The highest BCUT2D eigenvalue weighted by molar-refractivity contribution is 6.30. The highest BCUT2D eigenvalue weighted by Gasteiger charge is 2.20. The fourth-order valence-electron chi connectivity index (χ4n) is 3.99. The molecule has 0 spiro atoms. The normalized spacial score (nSPS) is 16.2. The lowest BCUT2D eigenvalue weighted by Crippen LogP contribution is -2.46. The Labute approximate surface area is 189 Å². The van der Waals surface area contributed by atoms with Gasteiger partial charge in [0.25, 0.3) is 0 Å². The predicted molar refractivity (Wildman–Crippen MR) is 124 cm³/mol. The van der Waals surface area contributed by atoms with Gasteiger partial charge in [-0.15, -0.1) is 0 Å². The number of rotatable bonds is 8. The van der Waals surface area contributed by atoms with E-state index >= 15 is 0 Å². The molecule has 0 radical (unpaired) electrons. The summed E-state index contributed by atoms with van der Waals surface area (Å²) in [6.07, 6.45) is 0.752. The van der Waals surface area contributed by atoms with Crippen LogP contribution >= 0.6 is 11.6 Å². The van der Waals surface area contributed by atoms with Gasteiger partial charge in [0.2, 0.25) is 0 Å². The van der Waals surface area contributed by atoms with Gasteiger partial charge < -0.3 is 9.64 Å². The minimum Gasteiger partial charge on any atom is -0.486 e. The van der Waals surface area contributed by atoms with Gasteiger partial charge in [-0.25, -0.2) is 4.39 Å². The van der Waals surface area contributed by atoms with Crippen LogP contribution in [0.1, 0.15) is 23.7 Å². The van der Waals surface area contributed by atoms with Crippen LogP contribution in [0.5, 0.6) is 5.75 Å². The van der Waals surface area contributed by atoms with E-state index in [2.05, 4.69) is 52.3 Å². The van der Waals surface area contributed by atoms with E-state index in [0.29, 0.717) is 5.75 Å². The maximum Gasteiger partial charge on any atom is 0.142 e. The van der Waals surface area contributed by atoms with Crippen molar-refractivity contribution in [3.05, 3.63) is 101 Å². The molecule has 1 heterocycles. The average Bonchev–Trinajstić information content (AvgIpc) is 2.81. The third-order valence-corrected chi connectivity index (χ3v) is 6.05. The van der Waals surface area contributed by atoms with Gasteiger partial charge in [0.15, 0.2) is 0 Å². The first-order valence-electron chi connectivity index (χ1n) is 10.8. The van der Waals surface area contributed by atoms with Crippen molar-refractivity contribution in [1.29, 1.82) is 0 Å². The Morgan fingerprint density at radius 2 is 1.48 bits per heavy atom. The Morgan fingerprint density at radius 3 is 2.16 bits per heavy atom. The average molecular weight is 439 g/mol. The van der Waals surface area contributed by atoms with E-state index < -0.39 is 5.82 Å². The molecule has 1 fully saturated rings. The Hall–Kier alpha value is -2.40. The molecule has 0 aromatic heterocycles. The monoisotopic (exact) mass is 438 g/mol. The lowest BCUT2D eigenvalue weighted by molar-refractivity contribution is 0.107.